The highest BCUT2D eigenvalue weighted by Crippen LogP contribution is 2.25. The lowest BCUT2D eigenvalue weighted by Crippen LogP contribution is -2.12. The third kappa shape index (κ3) is 4.34. The smallest absolute Gasteiger partial charge is 0.257 e. The Hall–Kier alpha value is -2.99. The van der Waals surface area contributed by atoms with Crippen molar-refractivity contribution in [1.29, 1.82) is 0 Å². The van der Waals surface area contributed by atoms with Crippen LogP contribution in [0.4, 0.5) is 10.8 Å². The Morgan fingerprint density at radius 3 is 2.31 bits per heavy atom. The van der Waals surface area contributed by atoms with Gasteiger partial charge in [-0.3, -0.25) is 14.9 Å². The van der Waals surface area contributed by atoms with Gasteiger partial charge < -0.3 is 5.32 Å². The van der Waals surface area contributed by atoms with Gasteiger partial charge in [0.25, 0.3) is 5.91 Å². The molecule has 0 fully saturated rings. The molecule has 2 amide bonds. The van der Waals surface area contributed by atoms with Crippen molar-refractivity contribution in [1.82, 2.24) is 4.98 Å². The van der Waals surface area contributed by atoms with Crippen LogP contribution >= 0.6 is 11.3 Å². The number of thiazole rings is 1. The lowest BCUT2D eigenvalue weighted by molar-refractivity contribution is -0.114. The van der Waals surface area contributed by atoms with Crippen LogP contribution in [0.5, 0.6) is 0 Å². The fraction of sp³-hybridized carbons (Fsp3) is 0.150. The minimum absolute atomic E-state index is 0.149. The van der Waals surface area contributed by atoms with E-state index in [-0.39, 0.29) is 11.8 Å². The summed E-state index contributed by atoms with van der Waals surface area (Å²) in [5.74, 6) is -0.383. The molecule has 0 aliphatic rings. The number of anilines is 2. The van der Waals surface area contributed by atoms with Crippen LogP contribution in [-0.4, -0.2) is 16.8 Å². The second-order valence-electron chi connectivity index (χ2n) is 5.80. The first-order chi connectivity index (χ1) is 12.5. The van der Waals surface area contributed by atoms with E-state index in [9.17, 15) is 9.59 Å². The normalized spacial score (nSPS) is 10.4. The summed E-state index contributed by atoms with van der Waals surface area (Å²) >= 11 is 1.39. The van der Waals surface area contributed by atoms with Gasteiger partial charge in [-0.25, -0.2) is 4.98 Å². The Morgan fingerprint density at radius 2 is 1.69 bits per heavy atom. The van der Waals surface area contributed by atoms with Gasteiger partial charge in [-0.05, 0) is 36.2 Å². The van der Waals surface area contributed by atoms with Gasteiger partial charge in [-0.15, -0.1) is 11.3 Å². The van der Waals surface area contributed by atoms with E-state index in [2.05, 4.69) is 34.7 Å². The summed E-state index contributed by atoms with van der Waals surface area (Å²) in [6, 6.07) is 15.0. The van der Waals surface area contributed by atoms with Crippen LogP contribution in [0, 0.1) is 0 Å². The van der Waals surface area contributed by atoms with Crippen LogP contribution in [0.25, 0.3) is 11.3 Å². The van der Waals surface area contributed by atoms with E-state index in [0.29, 0.717) is 16.4 Å². The second-order valence-corrected chi connectivity index (χ2v) is 6.66. The van der Waals surface area contributed by atoms with Gasteiger partial charge in [0.15, 0.2) is 5.13 Å². The molecule has 26 heavy (non-hydrogen) atoms. The first-order valence-electron chi connectivity index (χ1n) is 8.29. The monoisotopic (exact) mass is 365 g/mol. The van der Waals surface area contributed by atoms with Gasteiger partial charge in [-0.2, -0.15) is 0 Å². The molecule has 2 aromatic carbocycles. The summed E-state index contributed by atoms with van der Waals surface area (Å²) in [6.45, 7) is 3.56. The Balaban J connectivity index is 1.68. The maximum absolute atomic E-state index is 12.3. The first kappa shape index (κ1) is 17.8. The summed E-state index contributed by atoms with van der Waals surface area (Å²) < 4.78 is 0. The van der Waals surface area contributed by atoms with E-state index >= 15 is 0 Å². The minimum atomic E-state index is -0.235. The zero-order valence-corrected chi connectivity index (χ0v) is 15.4. The minimum Gasteiger partial charge on any atom is -0.326 e. The molecule has 0 bridgehead atoms. The third-order valence-electron chi connectivity index (χ3n) is 3.85. The molecule has 0 aliphatic heterocycles. The number of carbonyl (C=O) groups excluding carboxylic acids is 2. The standard InChI is InChI=1S/C20H19N3O2S/c1-3-14-4-6-15(7-5-14)18-12-26-20(22-18)23-19(25)16-8-10-17(11-9-16)21-13(2)24/h4-12H,3H2,1-2H3,(H,21,24)(H,22,23,25). The van der Waals surface area contributed by atoms with Gasteiger partial charge in [0.05, 0.1) is 5.69 Å². The van der Waals surface area contributed by atoms with E-state index < -0.39 is 0 Å². The number of aromatic nitrogens is 1. The highest BCUT2D eigenvalue weighted by atomic mass is 32.1. The number of rotatable bonds is 5. The van der Waals surface area contributed by atoms with E-state index in [0.717, 1.165) is 17.7 Å². The van der Waals surface area contributed by atoms with E-state index in [1.54, 1.807) is 24.3 Å². The van der Waals surface area contributed by atoms with Gasteiger partial charge in [0.2, 0.25) is 5.91 Å². The van der Waals surface area contributed by atoms with Crippen molar-refractivity contribution < 1.29 is 9.59 Å². The average Bonchev–Trinajstić information content (AvgIpc) is 3.10. The maximum Gasteiger partial charge on any atom is 0.257 e. The fourth-order valence-corrected chi connectivity index (χ4v) is 3.17. The topological polar surface area (TPSA) is 71.1 Å². The van der Waals surface area contributed by atoms with Gasteiger partial charge in [-0.1, -0.05) is 31.2 Å². The molecule has 6 heteroatoms. The predicted molar refractivity (Wildman–Crippen MR) is 106 cm³/mol. The molecule has 3 rings (SSSR count). The predicted octanol–water partition coefficient (Wildman–Crippen LogP) is 4.58. The SMILES string of the molecule is CCc1ccc(-c2csc(NC(=O)c3ccc(NC(C)=O)cc3)n2)cc1. The molecular formula is C20H19N3O2S. The number of benzene rings is 2. The first-order valence-corrected chi connectivity index (χ1v) is 9.17. The zero-order valence-electron chi connectivity index (χ0n) is 14.6. The molecule has 1 aromatic heterocycles. The molecule has 0 saturated carbocycles. The Morgan fingerprint density at radius 1 is 1.00 bits per heavy atom. The van der Waals surface area contributed by atoms with Crippen molar-refractivity contribution in [3.63, 3.8) is 0 Å². The molecule has 1 heterocycles. The number of nitrogens with zero attached hydrogens (tertiary/aromatic N) is 1. The van der Waals surface area contributed by atoms with Crippen LogP contribution in [0.3, 0.4) is 0 Å². The van der Waals surface area contributed by atoms with Crippen LogP contribution in [0.2, 0.25) is 0 Å². The largest absolute Gasteiger partial charge is 0.326 e. The fourth-order valence-electron chi connectivity index (χ4n) is 2.45. The van der Waals surface area contributed by atoms with Crippen LogP contribution in [-0.2, 0) is 11.2 Å². The van der Waals surface area contributed by atoms with Crippen LogP contribution < -0.4 is 10.6 Å². The number of hydrogen-bond acceptors (Lipinski definition) is 4. The lowest BCUT2D eigenvalue weighted by atomic mass is 10.1. The van der Waals surface area contributed by atoms with Gasteiger partial charge in [0.1, 0.15) is 0 Å². The second kappa shape index (κ2) is 7.93. The highest BCUT2D eigenvalue weighted by Gasteiger charge is 2.10. The number of carbonyl (C=O) groups is 2. The zero-order chi connectivity index (χ0) is 18.5. The van der Waals surface area contributed by atoms with Crippen molar-refractivity contribution in [3.05, 3.63) is 65.0 Å². The summed E-state index contributed by atoms with van der Waals surface area (Å²) in [5.41, 5.74) is 4.30. The molecule has 3 aromatic rings. The van der Waals surface area contributed by atoms with Crippen LogP contribution in [0.15, 0.2) is 53.9 Å². The van der Waals surface area contributed by atoms with Crippen molar-refractivity contribution >= 4 is 34.0 Å². The number of aryl methyl sites for hydroxylation is 1. The molecule has 0 radical (unpaired) electrons. The summed E-state index contributed by atoms with van der Waals surface area (Å²) in [4.78, 5) is 27.9. The Bertz CT molecular complexity index is 915. The third-order valence-corrected chi connectivity index (χ3v) is 4.61. The average molecular weight is 365 g/mol. The van der Waals surface area contributed by atoms with Gasteiger partial charge >= 0.3 is 0 Å². The van der Waals surface area contributed by atoms with E-state index in [1.807, 2.05) is 17.5 Å². The number of hydrogen-bond donors (Lipinski definition) is 2. The molecule has 0 atom stereocenters. The molecule has 0 saturated heterocycles. The molecule has 0 spiro atoms. The molecular weight excluding hydrogens is 346 g/mol. The van der Waals surface area contributed by atoms with Gasteiger partial charge in [0, 0.05) is 29.1 Å². The number of nitrogens with one attached hydrogen (secondary N) is 2. The van der Waals surface area contributed by atoms with Crippen molar-refractivity contribution in [2.75, 3.05) is 10.6 Å². The summed E-state index contributed by atoms with van der Waals surface area (Å²) in [6.07, 6.45) is 0.999. The quantitative estimate of drug-likeness (QED) is 0.695. The van der Waals surface area contributed by atoms with E-state index in [4.69, 9.17) is 0 Å². The van der Waals surface area contributed by atoms with Crippen molar-refractivity contribution in [3.8, 4) is 11.3 Å². The maximum atomic E-state index is 12.3. The summed E-state index contributed by atoms with van der Waals surface area (Å²) in [5, 5.41) is 7.96. The van der Waals surface area contributed by atoms with Crippen molar-refractivity contribution in [2.24, 2.45) is 0 Å². The Labute approximate surface area is 156 Å². The van der Waals surface area contributed by atoms with E-state index in [1.165, 1.54) is 23.8 Å². The highest BCUT2D eigenvalue weighted by molar-refractivity contribution is 7.14. The Kier molecular flexibility index (Phi) is 5.43. The number of amides is 2. The molecule has 0 aliphatic carbocycles. The molecule has 0 unspecified atom stereocenters. The molecule has 5 nitrogen and oxygen atoms in total. The molecule has 132 valence electrons. The van der Waals surface area contributed by atoms with Crippen molar-refractivity contribution in [2.45, 2.75) is 20.3 Å². The van der Waals surface area contributed by atoms with Crippen LogP contribution in [0.1, 0.15) is 29.8 Å². The lowest BCUT2D eigenvalue weighted by Gasteiger charge is -2.04. The summed E-state index contributed by atoms with van der Waals surface area (Å²) in [7, 11) is 0. The molecule has 2 N–H and O–H groups in total.